The normalized spacial score (nSPS) is 11.7. The Kier molecular flexibility index (Phi) is 4.16. The Morgan fingerprint density at radius 1 is 1.20 bits per heavy atom. The zero-order valence-electron chi connectivity index (χ0n) is 11.5. The van der Waals surface area contributed by atoms with Crippen LogP contribution >= 0.6 is 11.6 Å². The number of anilines is 2. The maximum absolute atomic E-state index is 9.05. The van der Waals surface area contributed by atoms with Crippen molar-refractivity contribution in [1.82, 2.24) is 0 Å². The fourth-order valence-electron chi connectivity index (χ4n) is 2.05. The summed E-state index contributed by atoms with van der Waals surface area (Å²) in [6, 6.07) is 15.5. The molecule has 0 aromatic heterocycles. The summed E-state index contributed by atoms with van der Waals surface area (Å²) in [6.45, 7) is 2.10. The van der Waals surface area contributed by atoms with Crippen LogP contribution in [-0.4, -0.2) is 7.05 Å². The maximum Gasteiger partial charge on any atom is 0.101 e. The lowest BCUT2D eigenvalue weighted by atomic mass is 10.1. The first-order chi connectivity index (χ1) is 9.52. The number of nitriles is 1. The molecule has 0 bridgehead atoms. The first kappa shape index (κ1) is 14.2. The highest BCUT2D eigenvalue weighted by atomic mass is 35.5. The predicted octanol–water partition coefficient (Wildman–Crippen LogP) is 3.99. The van der Waals surface area contributed by atoms with E-state index in [1.165, 1.54) is 0 Å². The Bertz CT molecular complexity index is 644. The standard InChI is InChI=1S/C16H16ClN3/c1-11(12-3-5-14(17)6-4-12)20(2)15-7-8-16(19)13(9-15)10-18/h3-9,11H,19H2,1-2H3. The highest BCUT2D eigenvalue weighted by molar-refractivity contribution is 6.30. The van der Waals surface area contributed by atoms with Gasteiger partial charge in [-0.3, -0.25) is 0 Å². The topological polar surface area (TPSA) is 53.0 Å². The van der Waals surface area contributed by atoms with E-state index in [1.54, 1.807) is 6.07 Å². The average molecular weight is 286 g/mol. The third-order valence-corrected chi connectivity index (χ3v) is 3.75. The smallest absolute Gasteiger partial charge is 0.101 e. The molecule has 3 nitrogen and oxygen atoms in total. The van der Waals surface area contributed by atoms with E-state index in [9.17, 15) is 0 Å². The summed E-state index contributed by atoms with van der Waals surface area (Å²) in [4.78, 5) is 2.10. The minimum Gasteiger partial charge on any atom is -0.398 e. The van der Waals surface area contributed by atoms with Gasteiger partial charge in [0.05, 0.1) is 11.6 Å². The van der Waals surface area contributed by atoms with Gasteiger partial charge in [0.15, 0.2) is 0 Å². The van der Waals surface area contributed by atoms with Gasteiger partial charge in [0.1, 0.15) is 6.07 Å². The van der Waals surface area contributed by atoms with Crippen molar-refractivity contribution in [3.8, 4) is 6.07 Å². The molecule has 1 atom stereocenters. The largest absolute Gasteiger partial charge is 0.398 e. The van der Waals surface area contributed by atoms with Gasteiger partial charge < -0.3 is 10.6 Å². The number of nitrogen functional groups attached to an aromatic ring is 1. The Morgan fingerprint density at radius 2 is 1.85 bits per heavy atom. The Morgan fingerprint density at radius 3 is 2.45 bits per heavy atom. The first-order valence-corrected chi connectivity index (χ1v) is 6.68. The van der Waals surface area contributed by atoms with Gasteiger partial charge in [0.25, 0.3) is 0 Å². The monoisotopic (exact) mass is 285 g/mol. The second-order valence-electron chi connectivity index (χ2n) is 4.72. The Balaban J connectivity index is 2.29. The molecule has 0 heterocycles. The van der Waals surface area contributed by atoms with E-state index in [0.29, 0.717) is 11.3 Å². The van der Waals surface area contributed by atoms with Crippen molar-refractivity contribution >= 4 is 23.0 Å². The van der Waals surface area contributed by atoms with Crippen LogP contribution in [0.3, 0.4) is 0 Å². The molecule has 0 aliphatic rings. The zero-order chi connectivity index (χ0) is 14.7. The lowest BCUT2D eigenvalue weighted by Crippen LogP contribution is -2.21. The molecular weight excluding hydrogens is 270 g/mol. The molecule has 2 aromatic carbocycles. The van der Waals surface area contributed by atoms with E-state index in [2.05, 4.69) is 17.9 Å². The molecule has 0 radical (unpaired) electrons. The maximum atomic E-state index is 9.05. The Labute approximate surface area is 124 Å². The van der Waals surface area contributed by atoms with Crippen molar-refractivity contribution in [3.63, 3.8) is 0 Å². The van der Waals surface area contributed by atoms with Crippen molar-refractivity contribution in [3.05, 3.63) is 58.6 Å². The molecule has 20 heavy (non-hydrogen) atoms. The fourth-order valence-corrected chi connectivity index (χ4v) is 2.17. The number of nitrogens with zero attached hydrogens (tertiary/aromatic N) is 2. The summed E-state index contributed by atoms with van der Waals surface area (Å²) in [5, 5.41) is 9.77. The molecule has 102 valence electrons. The molecule has 2 N–H and O–H groups in total. The quantitative estimate of drug-likeness (QED) is 0.868. The number of halogens is 1. The molecule has 0 saturated heterocycles. The zero-order valence-corrected chi connectivity index (χ0v) is 12.2. The number of rotatable bonds is 3. The summed E-state index contributed by atoms with van der Waals surface area (Å²) >= 11 is 5.91. The van der Waals surface area contributed by atoms with Crippen LogP contribution in [0.2, 0.25) is 5.02 Å². The van der Waals surface area contributed by atoms with Crippen molar-refractivity contribution < 1.29 is 0 Å². The number of hydrogen-bond acceptors (Lipinski definition) is 3. The van der Waals surface area contributed by atoms with Crippen LogP contribution in [0.4, 0.5) is 11.4 Å². The minimum absolute atomic E-state index is 0.169. The highest BCUT2D eigenvalue weighted by Crippen LogP contribution is 2.28. The van der Waals surface area contributed by atoms with Gasteiger partial charge in [0.2, 0.25) is 0 Å². The molecule has 2 aromatic rings. The molecule has 0 fully saturated rings. The van der Waals surface area contributed by atoms with Crippen LogP contribution in [-0.2, 0) is 0 Å². The van der Waals surface area contributed by atoms with E-state index in [0.717, 1.165) is 16.3 Å². The van der Waals surface area contributed by atoms with Crippen LogP contribution in [0.5, 0.6) is 0 Å². The summed E-state index contributed by atoms with van der Waals surface area (Å²) in [5.74, 6) is 0. The lowest BCUT2D eigenvalue weighted by Gasteiger charge is -2.27. The molecule has 0 aliphatic carbocycles. The van der Waals surface area contributed by atoms with Crippen LogP contribution in [0.1, 0.15) is 24.1 Å². The molecule has 1 unspecified atom stereocenters. The second-order valence-corrected chi connectivity index (χ2v) is 5.16. The second kappa shape index (κ2) is 5.85. The molecule has 0 spiro atoms. The molecule has 0 amide bonds. The van der Waals surface area contributed by atoms with Gasteiger partial charge in [-0.15, -0.1) is 0 Å². The molecule has 0 aliphatic heterocycles. The van der Waals surface area contributed by atoms with Crippen molar-refractivity contribution in [1.29, 1.82) is 5.26 Å². The van der Waals surface area contributed by atoms with Gasteiger partial charge >= 0.3 is 0 Å². The Hall–Kier alpha value is -2.18. The molecule has 0 saturated carbocycles. The molecular formula is C16H16ClN3. The minimum atomic E-state index is 0.169. The van der Waals surface area contributed by atoms with Gasteiger partial charge in [-0.2, -0.15) is 5.26 Å². The summed E-state index contributed by atoms with van der Waals surface area (Å²) < 4.78 is 0. The predicted molar refractivity (Wildman–Crippen MR) is 83.8 cm³/mol. The fraction of sp³-hybridized carbons (Fsp3) is 0.188. The summed E-state index contributed by atoms with van der Waals surface area (Å²) in [7, 11) is 1.99. The lowest BCUT2D eigenvalue weighted by molar-refractivity contribution is 0.740. The third-order valence-electron chi connectivity index (χ3n) is 3.50. The van der Waals surface area contributed by atoms with Gasteiger partial charge in [-0.25, -0.2) is 0 Å². The van der Waals surface area contributed by atoms with Gasteiger partial charge in [-0.1, -0.05) is 23.7 Å². The van der Waals surface area contributed by atoms with E-state index in [1.807, 2.05) is 43.4 Å². The van der Waals surface area contributed by atoms with Crippen molar-refractivity contribution in [2.45, 2.75) is 13.0 Å². The van der Waals surface area contributed by atoms with E-state index >= 15 is 0 Å². The summed E-state index contributed by atoms with van der Waals surface area (Å²) in [5.41, 5.74) is 8.87. The molecule has 2 rings (SSSR count). The SMILES string of the molecule is CC(c1ccc(Cl)cc1)N(C)c1ccc(N)c(C#N)c1. The van der Waals surface area contributed by atoms with Crippen LogP contribution in [0.15, 0.2) is 42.5 Å². The summed E-state index contributed by atoms with van der Waals surface area (Å²) in [6.07, 6.45) is 0. The van der Waals surface area contributed by atoms with Crippen LogP contribution < -0.4 is 10.6 Å². The molecule has 4 heteroatoms. The number of benzene rings is 2. The average Bonchev–Trinajstić information content (AvgIpc) is 2.47. The van der Waals surface area contributed by atoms with Crippen LogP contribution in [0.25, 0.3) is 0 Å². The van der Waals surface area contributed by atoms with Gasteiger partial charge in [0, 0.05) is 23.4 Å². The van der Waals surface area contributed by atoms with E-state index in [-0.39, 0.29) is 6.04 Å². The van der Waals surface area contributed by atoms with E-state index in [4.69, 9.17) is 22.6 Å². The highest BCUT2D eigenvalue weighted by Gasteiger charge is 2.13. The van der Waals surface area contributed by atoms with Crippen LogP contribution in [0, 0.1) is 11.3 Å². The number of hydrogen-bond donors (Lipinski definition) is 1. The van der Waals surface area contributed by atoms with Gasteiger partial charge in [-0.05, 0) is 42.8 Å². The van der Waals surface area contributed by atoms with E-state index < -0.39 is 0 Å². The third kappa shape index (κ3) is 2.87. The van der Waals surface area contributed by atoms with Crippen molar-refractivity contribution in [2.24, 2.45) is 0 Å². The first-order valence-electron chi connectivity index (χ1n) is 6.31. The number of nitrogens with two attached hydrogens (primary N) is 1. The van der Waals surface area contributed by atoms with Crippen molar-refractivity contribution in [2.75, 3.05) is 17.7 Å².